The van der Waals surface area contributed by atoms with Gasteiger partial charge in [0.25, 0.3) is 5.91 Å². The Balaban J connectivity index is 1.53. The summed E-state index contributed by atoms with van der Waals surface area (Å²) < 4.78 is 33.0. The van der Waals surface area contributed by atoms with Gasteiger partial charge in [0.1, 0.15) is 17.6 Å². The molecule has 2 aromatic rings. The summed E-state index contributed by atoms with van der Waals surface area (Å²) in [6.45, 7) is 2.92. The molecule has 9 heteroatoms. The summed E-state index contributed by atoms with van der Waals surface area (Å²) in [5, 5.41) is 6.70. The molecule has 1 N–H and O–H groups in total. The first-order valence-electron chi connectivity index (χ1n) is 9.15. The Labute approximate surface area is 161 Å². The van der Waals surface area contributed by atoms with Crippen LogP contribution in [0.25, 0.3) is 0 Å². The second-order valence-corrected chi connectivity index (χ2v) is 6.67. The Morgan fingerprint density at radius 1 is 1.21 bits per heavy atom. The Bertz CT molecular complexity index is 849. The van der Waals surface area contributed by atoms with Crippen molar-refractivity contribution in [2.24, 2.45) is 0 Å². The van der Waals surface area contributed by atoms with E-state index in [0.717, 1.165) is 31.4 Å². The molecule has 28 heavy (non-hydrogen) atoms. The van der Waals surface area contributed by atoms with Gasteiger partial charge >= 0.3 is 0 Å². The molecule has 1 aliphatic heterocycles. The third-order valence-electron chi connectivity index (χ3n) is 4.51. The van der Waals surface area contributed by atoms with Crippen LogP contribution in [0.1, 0.15) is 36.7 Å². The Morgan fingerprint density at radius 3 is 2.68 bits per heavy atom. The van der Waals surface area contributed by atoms with Crippen LogP contribution in [0.4, 0.5) is 8.78 Å². The summed E-state index contributed by atoms with van der Waals surface area (Å²) in [6.07, 6.45) is 4.57. The van der Waals surface area contributed by atoms with Gasteiger partial charge in [-0.25, -0.2) is 13.5 Å². The van der Waals surface area contributed by atoms with E-state index in [1.807, 2.05) is 0 Å². The van der Waals surface area contributed by atoms with Crippen LogP contribution in [0, 0.1) is 11.6 Å². The monoisotopic (exact) mass is 392 g/mol. The van der Waals surface area contributed by atoms with E-state index < -0.39 is 23.6 Å². The van der Waals surface area contributed by atoms with Gasteiger partial charge in [-0.1, -0.05) is 0 Å². The third-order valence-corrected chi connectivity index (χ3v) is 4.51. The Kier molecular flexibility index (Phi) is 6.23. The predicted molar refractivity (Wildman–Crippen MR) is 96.6 cm³/mol. The van der Waals surface area contributed by atoms with Crippen LogP contribution < -0.4 is 10.1 Å². The molecular formula is C19H22F2N4O3. The maximum atomic E-state index is 13.6. The SMILES string of the molecule is CC(NC(=O)c1ccn(COc2ccc(F)cc2F)n1)C(=O)N1CCCCC1. The molecule has 0 bridgehead atoms. The van der Waals surface area contributed by atoms with E-state index in [9.17, 15) is 18.4 Å². The first kappa shape index (κ1) is 19.8. The lowest BCUT2D eigenvalue weighted by molar-refractivity contribution is -0.133. The number of ether oxygens (including phenoxy) is 1. The minimum absolute atomic E-state index is 0.109. The number of halogens is 2. The number of aromatic nitrogens is 2. The van der Waals surface area contributed by atoms with E-state index in [0.29, 0.717) is 13.1 Å². The third kappa shape index (κ3) is 4.85. The number of amides is 2. The first-order valence-corrected chi connectivity index (χ1v) is 9.15. The zero-order valence-electron chi connectivity index (χ0n) is 15.5. The van der Waals surface area contributed by atoms with Gasteiger partial charge in [-0.2, -0.15) is 5.10 Å². The largest absolute Gasteiger partial charge is 0.468 e. The van der Waals surface area contributed by atoms with Crippen molar-refractivity contribution in [3.8, 4) is 5.75 Å². The number of hydrogen-bond acceptors (Lipinski definition) is 4. The zero-order chi connectivity index (χ0) is 20.1. The van der Waals surface area contributed by atoms with Crippen LogP contribution in [0.5, 0.6) is 5.75 Å². The maximum absolute atomic E-state index is 13.6. The van der Waals surface area contributed by atoms with E-state index in [-0.39, 0.29) is 24.1 Å². The molecule has 1 unspecified atom stereocenters. The molecule has 0 radical (unpaired) electrons. The van der Waals surface area contributed by atoms with Gasteiger partial charge in [0.15, 0.2) is 18.3 Å². The van der Waals surface area contributed by atoms with Gasteiger partial charge in [-0.3, -0.25) is 9.59 Å². The molecule has 1 aliphatic rings. The molecular weight excluding hydrogens is 370 g/mol. The van der Waals surface area contributed by atoms with E-state index in [1.165, 1.54) is 23.0 Å². The number of benzene rings is 1. The average Bonchev–Trinajstić information content (AvgIpc) is 3.16. The van der Waals surface area contributed by atoms with Crippen molar-refractivity contribution in [1.29, 1.82) is 0 Å². The number of carbonyl (C=O) groups excluding carboxylic acids is 2. The first-order chi connectivity index (χ1) is 13.4. The summed E-state index contributed by atoms with van der Waals surface area (Å²) >= 11 is 0. The molecule has 0 spiro atoms. The van der Waals surface area contributed by atoms with Crippen LogP contribution in [0.2, 0.25) is 0 Å². The standard InChI is InChI=1S/C19H22F2N4O3/c1-13(19(27)24-8-3-2-4-9-24)22-18(26)16-7-10-25(23-16)12-28-17-6-5-14(20)11-15(17)21/h5-7,10-11,13H,2-4,8-9,12H2,1H3,(H,22,26). The molecule has 1 fully saturated rings. The lowest BCUT2D eigenvalue weighted by atomic mass is 10.1. The fourth-order valence-electron chi connectivity index (χ4n) is 3.00. The van der Waals surface area contributed by atoms with Crippen LogP contribution >= 0.6 is 0 Å². The quantitative estimate of drug-likeness (QED) is 0.819. The topological polar surface area (TPSA) is 76.5 Å². The number of nitrogens with one attached hydrogen (secondary N) is 1. The highest BCUT2D eigenvalue weighted by Crippen LogP contribution is 2.18. The second-order valence-electron chi connectivity index (χ2n) is 6.67. The number of likely N-dealkylation sites (tertiary alicyclic amines) is 1. The maximum Gasteiger partial charge on any atom is 0.272 e. The summed E-state index contributed by atoms with van der Waals surface area (Å²) in [7, 11) is 0. The minimum Gasteiger partial charge on any atom is -0.468 e. The van der Waals surface area contributed by atoms with Gasteiger partial charge in [-0.05, 0) is 44.4 Å². The molecule has 7 nitrogen and oxygen atoms in total. The summed E-state index contributed by atoms with van der Waals surface area (Å²) in [4.78, 5) is 26.5. The summed E-state index contributed by atoms with van der Waals surface area (Å²) in [5.74, 6) is -2.23. The molecule has 0 saturated carbocycles. The second kappa shape index (κ2) is 8.81. The van der Waals surface area contributed by atoms with Gasteiger partial charge in [0.05, 0.1) is 0 Å². The molecule has 1 aromatic carbocycles. The number of piperidine rings is 1. The predicted octanol–water partition coefficient (Wildman–Crippen LogP) is 2.33. The molecule has 0 aliphatic carbocycles. The fourth-order valence-corrected chi connectivity index (χ4v) is 3.00. The molecule has 1 aromatic heterocycles. The van der Waals surface area contributed by atoms with Gasteiger partial charge < -0.3 is 15.0 Å². The number of hydrogen-bond donors (Lipinski definition) is 1. The molecule has 2 amide bonds. The lowest BCUT2D eigenvalue weighted by Crippen LogP contribution is -2.48. The number of rotatable bonds is 6. The molecule has 3 rings (SSSR count). The summed E-state index contributed by atoms with van der Waals surface area (Å²) in [6, 6.07) is 3.80. The highest BCUT2D eigenvalue weighted by Gasteiger charge is 2.24. The van der Waals surface area contributed by atoms with E-state index >= 15 is 0 Å². The van der Waals surface area contributed by atoms with Crippen molar-refractivity contribution in [3.63, 3.8) is 0 Å². The average molecular weight is 392 g/mol. The molecule has 2 heterocycles. The van der Waals surface area contributed by atoms with Crippen molar-refractivity contribution >= 4 is 11.8 Å². The highest BCUT2D eigenvalue weighted by molar-refractivity contribution is 5.95. The molecule has 1 saturated heterocycles. The van der Waals surface area contributed by atoms with Crippen molar-refractivity contribution < 1.29 is 23.1 Å². The van der Waals surface area contributed by atoms with Crippen LogP contribution in [0.15, 0.2) is 30.5 Å². The number of nitrogens with zero attached hydrogens (tertiary/aromatic N) is 3. The van der Waals surface area contributed by atoms with Gasteiger partial charge in [0.2, 0.25) is 5.91 Å². The highest BCUT2D eigenvalue weighted by atomic mass is 19.1. The van der Waals surface area contributed by atoms with Crippen molar-refractivity contribution in [1.82, 2.24) is 20.0 Å². The Morgan fingerprint density at radius 2 is 1.96 bits per heavy atom. The summed E-state index contributed by atoms with van der Waals surface area (Å²) in [5.41, 5.74) is 0.112. The van der Waals surface area contributed by atoms with Crippen LogP contribution in [-0.4, -0.2) is 45.6 Å². The normalized spacial score (nSPS) is 15.2. The van der Waals surface area contributed by atoms with Crippen LogP contribution in [0.3, 0.4) is 0 Å². The van der Waals surface area contributed by atoms with Crippen molar-refractivity contribution in [2.75, 3.05) is 13.1 Å². The zero-order valence-corrected chi connectivity index (χ0v) is 15.5. The van der Waals surface area contributed by atoms with E-state index in [4.69, 9.17) is 4.74 Å². The van der Waals surface area contributed by atoms with Gasteiger partial charge in [-0.15, -0.1) is 0 Å². The Hall–Kier alpha value is -2.97. The fraction of sp³-hybridized carbons (Fsp3) is 0.421. The van der Waals surface area contributed by atoms with Crippen LogP contribution in [-0.2, 0) is 11.5 Å². The molecule has 150 valence electrons. The molecule has 1 atom stereocenters. The number of carbonyl (C=O) groups is 2. The van der Waals surface area contributed by atoms with Crippen molar-refractivity contribution in [3.05, 3.63) is 47.8 Å². The van der Waals surface area contributed by atoms with E-state index in [1.54, 1.807) is 11.8 Å². The van der Waals surface area contributed by atoms with Crippen molar-refractivity contribution in [2.45, 2.75) is 39.0 Å². The lowest BCUT2D eigenvalue weighted by Gasteiger charge is -2.29. The van der Waals surface area contributed by atoms with Gasteiger partial charge in [0, 0.05) is 25.4 Å². The van der Waals surface area contributed by atoms with E-state index in [2.05, 4.69) is 10.4 Å². The smallest absolute Gasteiger partial charge is 0.272 e. The minimum atomic E-state index is -0.824.